The van der Waals surface area contributed by atoms with Gasteiger partial charge in [0.15, 0.2) is 12.6 Å². The van der Waals surface area contributed by atoms with Crippen molar-refractivity contribution < 1.29 is 27.4 Å². The Morgan fingerprint density at radius 3 is 2.35 bits per heavy atom. The van der Waals surface area contributed by atoms with Gasteiger partial charge in [0.2, 0.25) is 0 Å². The van der Waals surface area contributed by atoms with E-state index in [9.17, 15) is 18.0 Å². The molecule has 0 saturated heterocycles. The van der Waals surface area contributed by atoms with E-state index < -0.39 is 12.8 Å². The zero-order valence-corrected chi connectivity index (χ0v) is 17.3. The number of carbonyl (C=O) groups excluding carboxylic acids is 1. The van der Waals surface area contributed by atoms with Gasteiger partial charge in [0.1, 0.15) is 11.5 Å². The van der Waals surface area contributed by atoms with Crippen LogP contribution in [-0.4, -0.2) is 51.9 Å². The first kappa shape index (κ1) is 23.8. The molecular formula is C21H25F3N4O3. The fourth-order valence-corrected chi connectivity index (χ4v) is 2.50. The van der Waals surface area contributed by atoms with E-state index in [-0.39, 0.29) is 11.7 Å². The van der Waals surface area contributed by atoms with Gasteiger partial charge in [-0.2, -0.15) is 13.2 Å². The predicted octanol–water partition coefficient (Wildman–Crippen LogP) is 2.73. The molecule has 1 amide bonds. The van der Waals surface area contributed by atoms with Crippen LogP contribution in [0, 0.1) is 0 Å². The van der Waals surface area contributed by atoms with Crippen molar-refractivity contribution in [3.8, 4) is 11.5 Å². The number of halogens is 3. The summed E-state index contributed by atoms with van der Waals surface area (Å²) in [7, 11) is 3.15. The van der Waals surface area contributed by atoms with Crippen LogP contribution >= 0.6 is 0 Å². The minimum Gasteiger partial charge on any atom is -0.497 e. The van der Waals surface area contributed by atoms with Gasteiger partial charge in [0.25, 0.3) is 5.91 Å². The van der Waals surface area contributed by atoms with Crippen molar-refractivity contribution in [2.45, 2.75) is 12.7 Å². The SMILES string of the molecule is CN=C(NCCNC(=O)c1cccc(OC)c1)NCc1ccc(OCC(F)(F)F)cc1. The highest BCUT2D eigenvalue weighted by Crippen LogP contribution is 2.18. The van der Waals surface area contributed by atoms with E-state index >= 15 is 0 Å². The van der Waals surface area contributed by atoms with E-state index in [1.165, 1.54) is 19.2 Å². The summed E-state index contributed by atoms with van der Waals surface area (Å²) < 4.78 is 46.3. The van der Waals surface area contributed by atoms with Gasteiger partial charge in [-0.1, -0.05) is 18.2 Å². The number of nitrogens with one attached hydrogen (secondary N) is 3. The molecule has 0 aromatic heterocycles. The monoisotopic (exact) mass is 438 g/mol. The quantitative estimate of drug-likeness (QED) is 0.319. The Labute approximate surface area is 178 Å². The van der Waals surface area contributed by atoms with Crippen LogP contribution in [0.1, 0.15) is 15.9 Å². The molecule has 0 aliphatic carbocycles. The molecule has 10 heteroatoms. The summed E-state index contributed by atoms with van der Waals surface area (Å²) >= 11 is 0. The van der Waals surface area contributed by atoms with Gasteiger partial charge in [-0.3, -0.25) is 9.79 Å². The lowest BCUT2D eigenvalue weighted by atomic mass is 10.2. The molecule has 31 heavy (non-hydrogen) atoms. The Balaban J connectivity index is 1.70. The molecule has 2 aromatic rings. The number of guanidine groups is 1. The maximum absolute atomic E-state index is 12.2. The van der Waals surface area contributed by atoms with Gasteiger partial charge < -0.3 is 25.4 Å². The smallest absolute Gasteiger partial charge is 0.422 e. The van der Waals surface area contributed by atoms with Crippen molar-refractivity contribution in [1.29, 1.82) is 0 Å². The largest absolute Gasteiger partial charge is 0.497 e. The molecule has 0 atom stereocenters. The molecule has 0 radical (unpaired) electrons. The third-order valence-corrected chi connectivity index (χ3v) is 4.04. The number of alkyl halides is 3. The Morgan fingerprint density at radius 2 is 1.71 bits per heavy atom. The van der Waals surface area contributed by atoms with Crippen LogP contribution in [0.4, 0.5) is 13.2 Å². The summed E-state index contributed by atoms with van der Waals surface area (Å²) in [5.41, 5.74) is 1.35. The second kappa shape index (κ2) is 11.7. The number of ether oxygens (including phenoxy) is 2. The van der Waals surface area contributed by atoms with Crippen LogP contribution in [0.5, 0.6) is 11.5 Å². The molecular weight excluding hydrogens is 413 g/mol. The molecule has 168 valence electrons. The number of amides is 1. The summed E-state index contributed by atoms with van der Waals surface area (Å²) in [6, 6.07) is 13.2. The number of benzene rings is 2. The van der Waals surface area contributed by atoms with Crippen LogP contribution in [-0.2, 0) is 6.54 Å². The third-order valence-electron chi connectivity index (χ3n) is 4.04. The number of hydrogen-bond donors (Lipinski definition) is 3. The molecule has 3 N–H and O–H groups in total. The highest BCUT2D eigenvalue weighted by Gasteiger charge is 2.28. The number of carbonyl (C=O) groups is 1. The van der Waals surface area contributed by atoms with Crippen LogP contribution < -0.4 is 25.4 Å². The first-order valence-electron chi connectivity index (χ1n) is 9.46. The van der Waals surface area contributed by atoms with Crippen molar-refractivity contribution in [3.05, 3.63) is 59.7 Å². The summed E-state index contributed by atoms with van der Waals surface area (Å²) in [6.07, 6.45) is -4.37. The summed E-state index contributed by atoms with van der Waals surface area (Å²) in [6.45, 7) is -0.0908. The number of nitrogens with zero attached hydrogens (tertiary/aromatic N) is 1. The van der Waals surface area contributed by atoms with Gasteiger partial charge in [-0.15, -0.1) is 0 Å². The van der Waals surface area contributed by atoms with E-state index in [4.69, 9.17) is 4.74 Å². The zero-order valence-electron chi connectivity index (χ0n) is 17.3. The van der Waals surface area contributed by atoms with E-state index in [1.54, 1.807) is 43.4 Å². The average Bonchev–Trinajstić information content (AvgIpc) is 2.77. The Kier molecular flexibility index (Phi) is 8.98. The first-order chi connectivity index (χ1) is 14.8. The number of methoxy groups -OCH3 is 1. The summed E-state index contributed by atoms with van der Waals surface area (Å²) in [4.78, 5) is 16.2. The second-order valence-corrected chi connectivity index (χ2v) is 6.39. The predicted molar refractivity (Wildman–Crippen MR) is 112 cm³/mol. The topological polar surface area (TPSA) is 84.0 Å². The van der Waals surface area contributed by atoms with E-state index in [0.717, 1.165) is 5.56 Å². The van der Waals surface area contributed by atoms with E-state index in [2.05, 4.69) is 25.7 Å². The highest BCUT2D eigenvalue weighted by atomic mass is 19.4. The highest BCUT2D eigenvalue weighted by molar-refractivity contribution is 5.94. The normalized spacial score (nSPS) is 11.6. The number of rotatable bonds is 9. The van der Waals surface area contributed by atoms with E-state index in [1.807, 2.05) is 0 Å². The standard InChI is InChI=1S/C21H25F3N4O3/c1-25-20(27-11-10-26-19(29)16-4-3-5-18(12-16)30-2)28-13-15-6-8-17(9-7-15)31-14-21(22,23)24/h3-9,12H,10-11,13-14H2,1-2H3,(H,26,29)(H2,25,27,28). The molecule has 7 nitrogen and oxygen atoms in total. The molecule has 0 bridgehead atoms. The number of aliphatic imine (C=N–C) groups is 1. The summed E-state index contributed by atoms with van der Waals surface area (Å²) in [5.74, 6) is 1.06. The minimum absolute atomic E-state index is 0.148. The van der Waals surface area contributed by atoms with Crippen molar-refractivity contribution in [1.82, 2.24) is 16.0 Å². The first-order valence-corrected chi connectivity index (χ1v) is 9.46. The van der Waals surface area contributed by atoms with Gasteiger partial charge >= 0.3 is 6.18 Å². The van der Waals surface area contributed by atoms with Crippen LogP contribution in [0.2, 0.25) is 0 Å². The van der Waals surface area contributed by atoms with Crippen LogP contribution in [0.15, 0.2) is 53.5 Å². The van der Waals surface area contributed by atoms with Crippen LogP contribution in [0.3, 0.4) is 0 Å². The lowest BCUT2D eigenvalue weighted by Crippen LogP contribution is -2.41. The Morgan fingerprint density at radius 1 is 1.00 bits per heavy atom. The molecule has 0 heterocycles. The van der Waals surface area contributed by atoms with Crippen molar-refractivity contribution in [2.75, 3.05) is 33.9 Å². The van der Waals surface area contributed by atoms with Gasteiger partial charge in [-0.25, -0.2) is 0 Å². The molecule has 0 fully saturated rings. The molecule has 0 saturated carbocycles. The average molecular weight is 438 g/mol. The maximum atomic E-state index is 12.2. The molecule has 0 unspecified atom stereocenters. The fraction of sp³-hybridized carbons (Fsp3) is 0.333. The second-order valence-electron chi connectivity index (χ2n) is 6.39. The number of hydrogen-bond acceptors (Lipinski definition) is 4. The molecule has 0 spiro atoms. The lowest BCUT2D eigenvalue weighted by molar-refractivity contribution is -0.153. The van der Waals surface area contributed by atoms with Crippen molar-refractivity contribution in [2.24, 2.45) is 4.99 Å². The van der Waals surface area contributed by atoms with Gasteiger partial charge in [0.05, 0.1) is 7.11 Å². The molecule has 2 aromatic carbocycles. The lowest BCUT2D eigenvalue weighted by Gasteiger charge is -2.13. The minimum atomic E-state index is -4.37. The Hall–Kier alpha value is -3.43. The molecule has 0 aliphatic rings. The van der Waals surface area contributed by atoms with Gasteiger partial charge in [0, 0.05) is 32.2 Å². The van der Waals surface area contributed by atoms with Crippen molar-refractivity contribution in [3.63, 3.8) is 0 Å². The van der Waals surface area contributed by atoms with Crippen LogP contribution in [0.25, 0.3) is 0 Å². The Bertz CT molecular complexity index is 871. The molecule has 0 aliphatic heterocycles. The summed E-state index contributed by atoms with van der Waals surface area (Å²) in [5, 5.41) is 8.95. The van der Waals surface area contributed by atoms with E-state index in [0.29, 0.717) is 36.9 Å². The maximum Gasteiger partial charge on any atom is 0.422 e. The van der Waals surface area contributed by atoms with Crippen molar-refractivity contribution >= 4 is 11.9 Å². The third kappa shape index (κ3) is 8.85. The molecule has 2 rings (SSSR count). The van der Waals surface area contributed by atoms with Gasteiger partial charge in [-0.05, 0) is 35.9 Å². The zero-order chi connectivity index (χ0) is 22.7. The fourth-order valence-electron chi connectivity index (χ4n) is 2.50.